The van der Waals surface area contributed by atoms with E-state index in [9.17, 15) is 17.6 Å². The maximum atomic E-state index is 12.9. The number of sulfonamides is 1. The van der Waals surface area contributed by atoms with E-state index in [0.29, 0.717) is 0 Å². The summed E-state index contributed by atoms with van der Waals surface area (Å²) in [5, 5.41) is 8.91. The largest absolute Gasteiger partial charge is 0.480 e. The first-order valence-corrected chi connectivity index (χ1v) is 6.73. The van der Waals surface area contributed by atoms with E-state index in [1.807, 2.05) is 4.72 Å². The highest BCUT2D eigenvalue weighted by Crippen LogP contribution is 2.13. The highest BCUT2D eigenvalue weighted by atomic mass is 32.2. The molecule has 0 heterocycles. The van der Waals surface area contributed by atoms with Crippen molar-refractivity contribution in [1.29, 1.82) is 0 Å². The zero-order valence-electron chi connectivity index (χ0n) is 9.92. The zero-order valence-corrected chi connectivity index (χ0v) is 10.7. The van der Waals surface area contributed by atoms with E-state index < -0.39 is 33.8 Å². The first-order valence-electron chi connectivity index (χ1n) is 5.25. The Morgan fingerprint density at radius 1 is 1.39 bits per heavy atom. The van der Waals surface area contributed by atoms with E-state index in [2.05, 4.69) is 0 Å². The van der Waals surface area contributed by atoms with Crippen molar-refractivity contribution in [3.8, 4) is 0 Å². The summed E-state index contributed by atoms with van der Waals surface area (Å²) in [6, 6.07) is 3.13. The van der Waals surface area contributed by atoms with Crippen molar-refractivity contribution in [2.24, 2.45) is 5.92 Å². The van der Waals surface area contributed by atoms with Gasteiger partial charge in [-0.1, -0.05) is 19.9 Å². The highest BCUT2D eigenvalue weighted by Gasteiger charge is 2.28. The van der Waals surface area contributed by atoms with Gasteiger partial charge in [-0.2, -0.15) is 4.72 Å². The summed E-state index contributed by atoms with van der Waals surface area (Å²) in [6.45, 7) is 3.15. The number of carbonyl (C=O) groups is 1. The van der Waals surface area contributed by atoms with E-state index >= 15 is 0 Å². The number of carboxylic acids is 1. The molecule has 0 amide bonds. The molecule has 0 spiro atoms. The van der Waals surface area contributed by atoms with Gasteiger partial charge in [0.2, 0.25) is 10.0 Å². The molecule has 1 rings (SSSR count). The van der Waals surface area contributed by atoms with Crippen LogP contribution in [0.3, 0.4) is 0 Å². The molecule has 0 saturated carbocycles. The van der Waals surface area contributed by atoms with Gasteiger partial charge in [-0.25, -0.2) is 12.8 Å². The molecule has 2 N–H and O–H groups in total. The van der Waals surface area contributed by atoms with E-state index in [1.54, 1.807) is 13.8 Å². The SMILES string of the molecule is CC(C)[C@@H](NS(=O)(=O)c1cccc(F)c1)C(=O)O. The Balaban J connectivity index is 3.05. The monoisotopic (exact) mass is 275 g/mol. The normalized spacial score (nSPS) is 13.6. The number of nitrogens with one attached hydrogen (secondary N) is 1. The average Bonchev–Trinajstić information content (AvgIpc) is 2.25. The average molecular weight is 275 g/mol. The molecule has 18 heavy (non-hydrogen) atoms. The molecular weight excluding hydrogens is 261 g/mol. The molecule has 1 atom stereocenters. The predicted octanol–water partition coefficient (Wildman–Crippen LogP) is 1.21. The van der Waals surface area contributed by atoms with Gasteiger partial charge in [-0.05, 0) is 24.1 Å². The predicted molar refractivity (Wildman–Crippen MR) is 63.0 cm³/mol. The minimum Gasteiger partial charge on any atom is -0.480 e. The molecule has 0 fully saturated rings. The molecule has 7 heteroatoms. The Bertz CT molecular complexity index is 542. The lowest BCUT2D eigenvalue weighted by Crippen LogP contribution is -2.44. The lowest BCUT2D eigenvalue weighted by Gasteiger charge is -2.17. The fraction of sp³-hybridized carbons (Fsp3) is 0.364. The van der Waals surface area contributed by atoms with Gasteiger partial charge in [0.15, 0.2) is 0 Å². The molecule has 0 aliphatic rings. The number of aliphatic carboxylic acids is 1. The minimum atomic E-state index is -4.04. The molecule has 0 aliphatic carbocycles. The molecule has 5 nitrogen and oxygen atoms in total. The Labute approximate surface area is 105 Å². The van der Waals surface area contributed by atoms with Crippen LogP contribution in [0.25, 0.3) is 0 Å². The van der Waals surface area contributed by atoms with Crippen molar-refractivity contribution in [3.63, 3.8) is 0 Å². The topological polar surface area (TPSA) is 83.5 Å². The van der Waals surface area contributed by atoms with Crippen LogP contribution in [0.15, 0.2) is 29.2 Å². The molecule has 0 aromatic heterocycles. The van der Waals surface area contributed by atoms with Gasteiger partial charge < -0.3 is 5.11 Å². The van der Waals surface area contributed by atoms with E-state index in [4.69, 9.17) is 5.11 Å². The van der Waals surface area contributed by atoms with Crippen molar-refractivity contribution >= 4 is 16.0 Å². The lowest BCUT2D eigenvalue weighted by molar-refractivity contribution is -0.140. The van der Waals surface area contributed by atoms with Crippen LogP contribution in [0.4, 0.5) is 4.39 Å². The first kappa shape index (κ1) is 14.6. The third-order valence-electron chi connectivity index (χ3n) is 2.32. The number of hydrogen-bond donors (Lipinski definition) is 2. The number of hydrogen-bond acceptors (Lipinski definition) is 3. The summed E-state index contributed by atoms with van der Waals surface area (Å²) in [7, 11) is -4.04. The molecule has 0 aliphatic heterocycles. The lowest BCUT2D eigenvalue weighted by atomic mass is 10.1. The van der Waals surface area contributed by atoms with Gasteiger partial charge in [0.1, 0.15) is 11.9 Å². The molecular formula is C11H14FNO4S. The van der Waals surface area contributed by atoms with Gasteiger partial charge in [-0.15, -0.1) is 0 Å². The summed E-state index contributed by atoms with van der Waals surface area (Å²) in [5.74, 6) is -2.40. The van der Waals surface area contributed by atoms with Crippen LogP contribution in [0.2, 0.25) is 0 Å². The van der Waals surface area contributed by atoms with Crippen molar-refractivity contribution in [1.82, 2.24) is 4.72 Å². The Hall–Kier alpha value is -1.47. The van der Waals surface area contributed by atoms with Crippen molar-refractivity contribution in [2.45, 2.75) is 24.8 Å². The summed E-state index contributed by atoms with van der Waals surface area (Å²) in [4.78, 5) is 10.6. The Morgan fingerprint density at radius 3 is 2.44 bits per heavy atom. The molecule has 0 bridgehead atoms. The summed E-state index contributed by atoms with van der Waals surface area (Å²) >= 11 is 0. The summed E-state index contributed by atoms with van der Waals surface area (Å²) in [5.41, 5.74) is 0. The second-order valence-corrected chi connectivity index (χ2v) is 5.85. The molecule has 100 valence electrons. The zero-order chi connectivity index (χ0) is 13.9. The summed E-state index contributed by atoms with van der Waals surface area (Å²) in [6.07, 6.45) is 0. The number of rotatable bonds is 5. The maximum Gasteiger partial charge on any atom is 0.322 e. The van der Waals surface area contributed by atoms with Crippen LogP contribution >= 0.6 is 0 Å². The van der Waals surface area contributed by atoms with Gasteiger partial charge in [0.25, 0.3) is 0 Å². The third-order valence-corrected chi connectivity index (χ3v) is 3.76. The van der Waals surface area contributed by atoms with Crippen molar-refractivity contribution in [2.75, 3.05) is 0 Å². The van der Waals surface area contributed by atoms with E-state index in [-0.39, 0.29) is 4.90 Å². The van der Waals surface area contributed by atoms with Crippen LogP contribution in [-0.4, -0.2) is 25.5 Å². The van der Waals surface area contributed by atoms with Gasteiger partial charge in [-0.3, -0.25) is 4.79 Å². The third kappa shape index (κ3) is 3.51. The van der Waals surface area contributed by atoms with Crippen LogP contribution in [0, 0.1) is 11.7 Å². The van der Waals surface area contributed by atoms with Gasteiger partial charge in [0.05, 0.1) is 4.90 Å². The second-order valence-electron chi connectivity index (χ2n) is 4.14. The molecule has 0 radical (unpaired) electrons. The minimum absolute atomic E-state index is 0.297. The standard InChI is InChI=1S/C11H14FNO4S/c1-7(2)10(11(14)15)13-18(16,17)9-5-3-4-8(12)6-9/h3-7,10,13H,1-2H3,(H,14,15)/t10-/m1/s1. The Kier molecular flexibility index (Phi) is 4.42. The fourth-order valence-electron chi connectivity index (χ4n) is 1.34. The molecule has 1 aromatic rings. The quantitative estimate of drug-likeness (QED) is 0.846. The van der Waals surface area contributed by atoms with Gasteiger partial charge >= 0.3 is 5.97 Å². The highest BCUT2D eigenvalue weighted by molar-refractivity contribution is 7.89. The summed E-state index contributed by atoms with van der Waals surface area (Å²) < 4.78 is 38.7. The second kappa shape index (κ2) is 5.45. The van der Waals surface area contributed by atoms with Crippen LogP contribution < -0.4 is 4.72 Å². The smallest absolute Gasteiger partial charge is 0.322 e. The molecule has 1 aromatic carbocycles. The first-order chi connectivity index (χ1) is 8.24. The van der Waals surface area contributed by atoms with E-state index in [0.717, 1.165) is 12.1 Å². The molecule has 0 saturated heterocycles. The van der Waals surface area contributed by atoms with E-state index in [1.165, 1.54) is 12.1 Å². The number of benzene rings is 1. The van der Waals surface area contributed by atoms with Crippen molar-refractivity contribution < 1.29 is 22.7 Å². The number of halogens is 1. The van der Waals surface area contributed by atoms with Gasteiger partial charge in [0, 0.05) is 0 Å². The van der Waals surface area contributed by atoms with Crippen LogP contribution in [-0.2, 0) is 14.8 Å². The number of carboxylic acid groups (broad SMARTS) is 1. The molecule has 0 unspecified atom stereocenters. The van der Waals surface area contributed by atoms with Crippen LogP contribution in [0.5, 0.6) is 0 Å². The van der Waals surface area contributed by atoms with Crippen molar-refractivity contribution in [3.05, 3.63) is 30.1 Å². The maximum absolute atomic E-state index is 12.9. The Morgan fingerprint density at radius 2 is 2.00 bits per heavy atom. The fourth-order valence-corrected chi connectivity index (χ4v) is 2.71. The van der Waals surface area contributed by atoms with Crippen LogP contribution in [0.1, 0.15) is 13.8 Å².